The Morgan fingerprint density at radius 1 is 0.885 bits per heavy atom. The maximum atomic E-state index is 8.75. The summed E-state index contributed by atoms with van der Waals surface area (Å²) in [6.07, 6.45) is 7.66. The zero-order chi connectivity index (χ0) is 17.9. The summed E-state index contributed by atoms with van der Waals surface area (Å²) in [5, 5.41) is 8.75. The van der Waals surface area contributed by atoms with Crippen LogP contribution in [0.4, 0.5) is 0 Å². The molecule has 1 aliphatic carbocycles. The molecule has 1 aliphatic rings. The molecule has 1 heterocycles. The second kappa shape index (κ2) is 6.77. The Kier molecular flexibility index (Phi) is 4.16. The fourth-order valence-corrected chi connectivity index (χ4v) is 3.31. The van der Waals surface area contributed by atoms with Crippen LogP contribution in [0.3, 0.4) is 0 Å². The summed E-state index contributed by atoms with van der Waals surface area (Å²) in [6.45, 7) is 3.96. The van der Waals surface area contributed by atoms with Crippen LogP contribution in [0.2, 0.25) is 0 Å². The summed E-state index contributed by atoms with van der Waals surface area (Å²) in [6, 6.07) is 22.3. The summed E-state index contributed by atoms with van der Waals surface area (Å²) < 4.78 is 0. The highest BCUT2D eigenvalue weighted by molar-refractivity contribution is 6.21. The molecule has 0 saturated carbocycles. The standard InChI is InChI=1S/C24H18N2/c1-2-19(17-9-5-3-6-10-17)21-13-14-22-20(18-11-7-4-8-12-18)15-16-26-24(22)23(21)25/h2-16,25H,1H2/b21-19+,25-23?. The smallest absolute Gasteiger partial charge is 0.0963 e. The van der Waals surface area contributed by atoms with Crippen LogP contribution in [0.5, 0.6) is 0 Å². The highest BCUT2D eigenvalue weighted by atomic mass is 14.7. The van der Waals surface area contributed by atoms with E-state index in [4.69, 9.17) is 5.41 Å². The van der Waals surface area contributed by atoms with Crippen LogP contribution in [0.25, 0.3) is 22.8 Å². The van der Waals surface area contributed by atoms with Crippen LogP contribution in [-0.2, 0) is 0 Å². The molecule has 0 spiro atoms. The van der Waals surface area contributed by atoms with Gasteiger partial charge >= 0.3 is 0 Å². The molecule has 0 aliphatic heterocycles. The van der Waals surface area contributed by atoms with E-state index >= 15 is 0 Å². The van der Waals surface area contributed by atoms with Gasteiger partial charge in [0.15, 0.2) is 0 Å². The Labute approximate surface area is 153 Å². The molecule has 3 aromatic rings. The Balaban J connectivity index is 1.88. The molecule has 2 nitrogen and oxygen atoms in total. The molecule has 0 amide bonds. The van der Waals surface area contributed by atoms with Gasteiger partial charge < -0.3 is 0 Å². The molecule has 0 unspecified atom stereocenters. The topological polar surface area (TPSA) is 36.7 Å². The van der Waals surface area contributed by atoms with Gasteiger partial charge in [-0.25, -0.2) is 0 Å². The molecule has 0 fully saturated rings. The molecule has 124 valence electrons. The third-order valence-electron chi connectivity index (χ3n) is 4.58. The SMILES string of the molecule is C=C/C(=C1/C=Cc2c(-c3ccccc3)ccnc2C1=N)c1ccccc1. The number of allylic oxidation sites excluding steroid dienone is 4. The van der Waals surface area contributed by atoms with Crippen molar-refractivity contribution in [2.45, 2.75) is 0 Å². The minimum atomic E-state index is 0.430. The monoisotopic (exact) mass is 334 g/mol. The lowest BCUT2D eigenvalue weighted by molar-refractivity contribution is 1.25. The van der Waals surface area contributed by atoms with Crippen LogP contribution in [0.1, 0.15) is 16.8 Å². The normalized spacial score (nSPS) is 14.7. The third-order valence-corrected chi connectivity index (χ3v) is 4.58. The maximum absolute atomic E-state index is 8.75. The summed E-state index contributed by atoms with van der Waals surface area (Å²) in [5.41, 5.74) is 7.19. The van der Waals surface area contributed by atoms with Crippen molar-refractivity contribution in [1.82, 2.24) is 4.98 Å². The fraction of sp³-hybridized carbons (Fsp3) is 0. The van der Waals surface area contributed by atoms with Crippen molar-refractivity contribution in [1.29, 1.82) is 5.41 Å². The molecule has 2 heteroatoms. The van der Waals surface area contributed by atoms with Crippen LogP contribution < -0.4 is 0 Å². The minimum Gasteiger partial charge on any atom is -0.298 e. The van der Waals surface area contributed by atoms with E-state index in [9.17, 15) is 0 Å². The van der Waals surface area contributed by atoms with E-state index in [2.05, 4.69) is 29.8 Å². The van der Waals surface area contributed by atoms with E-state index in [1.807, 2.05) is 66.7 Å². The molecule has 0 saturated heterocycles. The van der Waals surface area contributed by atoms with Gasteiger partial charge in [-0.1, -0.05) is 85.5 Å². The van der Waals surface area contributed by atoms with Crippen molar-refractivity contribution in [3.05, 3.63) is 114 Å². The van der Waals surface area contributed by atoms with Crippen molar-refractivity contribution >= 4 is 17.4 Å². The van der Waals surface area contributed by atoms with E-state index in [0.29, 0.717) is 11.4 Å². The molecular formula is C24H18N2. The highest BCUT2D eigenvalue weighted by Crippen LogP contribution is 2.33. The number of nitrogens with zero attached hydrogens (tertiary/aromatic N) is 1. The van der Waals surface area contributed by atoms with Crippen LogP contribution in [-0.4, -0.2) is 10.7 Å². The molecule has 1 N–H and O–H groups in total. The van der Waals surface area contributed by atoms with Gasteiger partial charge in [-0.2, -0.15) is 0 Å². The van der Waals surface area contributed by atoms with E-state index in [1.165, 1.54) is 0 Å². The quantitative estimate of drug-likeness (QED) is 0.647. The van der Waals surface area contributed by atoms with Crippen LogP contribution in [0.15, 0.2) is 97.2 Å². The Morgan fingerprint density at radius 3 is 2.27 bits per heavy atom. The van der Waals surface area contributed by atoms with Crippen LogP contribution >= 0.6 is 0 Å². The van der Waals surface area contributed by atoms with Crippen LogP contribution in [0, 0.1) is 5.41 Å². The first-order chi connectivity index (χ1) is 12.8. The predicted molar refractivity (Wildman–Crippen MR) is 109 cm³/mol. The minimum absolute atomic E-state index is 0.430. The van der Waals surface area contributed by atoms with Gasteiger partial charge in [-0.05, 0) is 28.3 Å². The zero-order valence-electron chi connectivity index (χ0n) is 14.3. The van der Waals surface area contributed by atoms with E-state index in [0.717, 1.165) is 33.4 Å². The summed E-state index contributed by atoms with van der Waals surface area (Å²) in [7, 11) is 0. The Bertz CT molecular complexity index is 1040. The lowest BCUT2D eigenvalue weighted by Crippen LogP contribution is -2.13. The van der Waals surface area contributed by atoms with Gasteiger partial charge in [-0.15, -0.1) is 0 Å². The average Bonchev–Trinajstić information content (AvgIpc) is 2.71. The second-order valence-corrected chi connectivity index (χ2v) is 6.09. The number of fused-ring (bicyclic) bond motifs is 1. The zero-order valence-corrected chi connectivity index (χ0v) is 14.3. The number of rotatable bonds is 3. The Morgan fingerprint density at radius 2 is 1.58 bits per heavy atom. The number of benzene rings is 2. The number of hydrogen-bond acceptors (Lipinski definition) is 2. The molecule has 0 bridgehead atoms. The van der Waals surface area contributed by atoms with Gasteiger partial charge in [-0.3, -0.25) is 10.4 Å². The maximum Gasteiger partial charge on any atom is 0.0963 e. The first kappa shape index (κ1) is 16.0. The molecule has 0 radical (unpaired) electrons. The number of hydrogen-bond donors (Lipinski definition) is 1. The van der Waals surface area contributed by atoms with Crippen molar-refractivity contribution in [2.75, 3.05) is 0 Å². The summed E-state index contributed by atoms with van der Waals surface area (Å²) >= 11 is 0. The lowest BCUT2D eigenvalue weighted by Gasteiger charge is -2.19. The van der Waals surface area contributed by atoms with Gasteiger partial charge in [0, 0.05) is 17.3 Å². The van der Waals surface area contributed by atoms with E-state index < -0.39 is 0 Å². The Hall–Kier alpha value is -3.52. The summed E-state index contributed by atoms with van der Waals surface area (Å²) in [5.74, 6) is 0. The van der Waals surface area contributed by atoms with Crippen molar-refractivity contribution in [3.8, 4) is 11.1 Å². The second-order valence-electron chi connectivity index (χ2n) is 6.09. The number of aromatic nitrogens is 1. The molecule has 4 rings (SSSR count). The van der Waals surface area contributed by atoms with E-state index in [-0.39, 0.29) is 0 Å². The first-order valence-electron chi connectivity index (χ1n) is 8.53. The summed E-state index contributed by atoms with van der Waals surface area (Å²) in [4.78, 5) is 4.50. The average molecular weight is 334 g/mol. The molecule has 1 aromatic heterocycles. The molecular weight excluding hydrogens is 316 g/mol. The predicted octanol–water partition coefficient (Wildman–Crippen LogP) is 5.78. The molecule has 0 atom stereocenters. The molecule has 26 heavy (non-hydrogen) atoms. The fourth-order valence-electron chi connectivity index (χ4n) is 3.31. The lowest BCUT2D eigenvalue weighted by atomic mass is 9.87. The first-order valence-corrected chi connectivity index (χ1v) is 8.53. The van der Waals surface area contributed by atoms with Gasteiger partial charge in [0.1, 0.15) is 0 Å². The number of nitrogens with one attached hydrogen (secondary N) is 1. The van der Waals surface area contributed by atoms with Gasteiger partial charge in [0.05, 0.1) is 11.4 Å². The van der Waals surface area contributed by atoms with Crippen molar-refractivity contribution in [3.63, 3.8) is 0 Å². The largest absolute Gasteiger partial charge is 0.298 e. The number of pyridine rings is 1. The van der Waals surface area contributed by atoms with Crippen molar-refractivity contribution in [2.24, 2.45) is 0 Å². The van der Waals surface area contributed by atoms with Crippen molar-refractivity contribution < 1.29 is 0 Å². The van der Waals surface area contributed by atoms with E-state index in [1.54, 1.807) is 6.20 Å². The third kappa shape index (κ3) is 2.72. The molecule has 2 aromatic carbocycles. The highest BCUT2D eigenvalue weighted by Gasteiger charge is 2.21. The van der Waals surface area contributed by atoms with Gasteiger partial charge in [0.25, 0.3) is 0 Å². The van der Waals surface area contributed by atoms with Gasteiger partial charge in [0.2, 0.25) is 0 Å².